The largest absolute Gasteiger partial charge is 0.468 e. The molecule has 17 heteroatoms. The zero-order valence-corrected chi connectivity index (χ0v) is 43.6. The fourth-order valence-electron chi connectivity index (χ4n) is 13.1. The number of likely N-dealkylation sites (tertiary alicyclic amines) is 2. The highest BCUT2D eigenvalue weighted by atomic mass is 19.1. The van der Waals surface area contributed by atoms with Gasteiger partial charge < -0.3 is 34.0 Å². The molecule has 2 N–H and O–H groups in total. The maximum Gasteiger partial charge on any atom is 0.319 e. The van der Waals surface area contributed by atoms with E-state index < -0.39 is 23.4 Å². The third-order valence-corrected chi connectivity index (χ3v) is 17.3. The van der Waals surface area contributed by atoms with Gasteiger partial charge in [0.05, 0.1) is 23.3 Å². The number of benzene rings is 4. The first kappa shape index (κ1) is 50.4. The number of anilines is 2. The lowest BCUT2D eigenvalue weighted by Gasteiger charge is -2.39. The van der Waals surface area contributed by atoms with E-state index in [4.69, 9.17) is 29.2 Å². The summed E-state index contributed by atoms with van der Waals surface area (Å²) in [6, 6.07) is 16.0. The lowest BCUT2D eigenvalue weighted by atomic mass is 9.85. The molecule has 0 bridgehead atoms. The second-order valence-corrected chi connectivity index (χ2v) is 22.7. The van der Waals surface area contributed by atoms with Crippen LogP contribution in [0.3, 0.4) is 0 Å². The van der Waals surface area contributed by atoms with E-state index in [0.717, 1.165) is 101 Å². The van der Waals surface area contributed by atoms with Gasteiger partial charge in [0.25, 0.3) is 5.91 Å². The molecule has 1 saturated carbocycles. The van der Waals surface area contributed by atoms with Crippen LogP contribution >= 0.6 is 0 Å². The zero-order chi connectivity index (χ0) is 52.5. The summed E-state index contributed by atoms with van der Waals surface area (Å²) < 4.78 is 50.4. The number of nitrogens with one attached hydrogen (secondary N) is 1. The van der Waals surface area contributed by atoms with Crippen molar-refractivity contribution in [2.24, 2.45) is 11.3 Å². The lowest BCUT2D eigenvalue weighted by molar-refractivity contribution is -0.134. The molecule has 6 aromatic rings. The fraction of sp³-hybridized carbons (Fsp3) is 0.492. The number of aromatic nitrogens is 3. The molecule has 0 spiro atoms. The molecule has 4 saturated heterocycles. The summed E-state index contributed by atoms with van der Waals surface area (Å²) in [5, 5.41) is 17.2. The quantitative estimate of drug-likeness (QED) is 0.0743. The van der Waals surface area contributed by atoms with Gasteiger partial charge in [-0.1, -0.05) is 31.2 Å². The van der Waals surface area contributed by atoms with Gasteiger partial charge in [-0.2, -0.15) is 9.97 Å². The number of piperidine rings is 4. The van der Waals surface area contributed by atoms with Gasteiger partial charge in [-0.3, -0.25) is 29.6 Å². The number of ether oxygens (including phenoxy) is 3. The monoisotopic (exact) mass is 1040 g/mol. The van der Waals surface area contributed by atoms with E-state index in [1.54, 1.807) is 36.2 Å². The molecular weight excluding hydrogens is 971 g/mol. The minimum absolute atomic E-state index is 0.00385. The molecule has 2 aromatic heterocycles. The number of imide groups is 1. The first-order chi connectivity index (χ1) is 36.8. The summed E-state index contributed by atoms with van der Waals surface area (Å²) in [4.78, 5) is 61.7. The number of hydrogen-bond acceptors (Lipinski definition) is 13. The van der Waals surface area contributed by atoms with Crippen LogP contribution in [0.25, 0.3) is 43.7 Å². The highest BCUT2D eigenvalue weighted by molar-refractivity contribution is 6.27. The minimum atomic E-state index is -0.968. The molecule has 7 heterocycles. The minimum Gasteiger partial charge on any atom is -0.468 e. The molecule has 6 aliphatic rings. The van der Waals surface area contributed by atoms with Gasteiger partial charge in [-0.25, -0.2) is 8.78 Å². The Morgan fingerprint density at radius 2 is 1.66 bits per heavy atom. The van der Waals surface area contributed by atoms with Crippen LogP contribution in [-0.2, 0) is 20.7 Å². The molecule has 5 fully saturated rings. The van der Waals surface area contributed by atoms with Crippen molar-refractivity contribution < 1.29 is 42.5 Å². The van der Waals surface area contributed by atoms with Crippen LogP contribution in [-0.4, -0.2) is 132 Å². The number of pyridine rings is 1. The number of amides is 3. The Kier molecular flexibility index (Phi) is 13.4. The van der Waals surface area contributed by atoms with Crippen LogP contribution in [0.5, 0.6) is 11.8 Å². The summed E-state index contributed by atoms with van der Waals surface area (Å²) in [5.74, 6) is -0.0995. The topological polar surface area (TPSA) is 163 Å². The number of β-amino-alcohol motifs (C(OH)–C–C–N with tert-alkyl or cyclic N) is 1. The molecule has 15 nitrogen and oxygen atoms in total. The number of hydrogen-bond donors (Lipinski definition) is 2. The Morgan fingerprint density at radius 1 is 0.855 bits per heavy atom. The Labute approximate surface area is 440 Å². The summed E-state index contributed by atoms with van der Waals surface area (Å²) >= 11 is 0. The zero-order valence-electron chi connectivity index (χ0n) is 43.6. The summed E-state index contributed by atoms with van der Waals surface area (Å²) in [7, 11) is 1.52. The average molecular weight is 1040 g/mol. The maximum absolute atomic E-state index is 17.4. The molecule has 5 aliphatic heterocycles. The second kappa shape index (κ2) is 20.2. The predicted molar refractivity (Wildman–Crippen MR) is 286 cm³/mol. The molecule has 1 unspecified atom stereocenters. The number of aliphatic hydroxyl groups is 1. The Bertz CT molecular complexity index is 3280. The molecule has 3 amide bonds. The van der Waals surface area contributed by atoms with Crippen molar-refractivity contribution in [2.75, 3.05) is 82.7 Å². The van der Waals surface area contributed by atoms with Gasteiger partial charge >= 0.3 is 6.01 Å². The van der Waals surface area contributed by atoms with Gasteiger partial charge in [0.2, 0.25) is 11.8 Å². The first-order valence-electron chi connectivity index (χ1n) is 27.3. The second-order valence-electron chi connectivity index (χ2n) is 22.7. The van der Waals surface area contributed by atoms with Gasteiger partial charge in [-0.15, -0.1) is 0 Å². The summed E-state index contributed by atoms with van der Waals surface area (Å²) in [6.45, 7) is 11.0. The number of methoxy groups -OCH3 is 1. The number of fused-ring (bicyclic) bond motifs is 2. The van der Waals surface area contributed by atoms with E-state index >= 15 is 8.78 Å². The standard InChI is InChI=1S/C59H66F2N8O7/c1-4-39-45(60)12-9-37-27-38(76-34-74-3)28-43(49(37)39)52-51(61)53-44(29-62-52)54(68-22-6-19-58(2,73)31-68)65-57(64-53)75-33-59(20-21-59)32-67-23-15-35(16-24-67)30-66-25-17-36(18-26-66)40-10-11-42-50-41(40)7-5-8-46(50)69(56(42)72)47-13-14-48(70)63-55(47)71/h5,7-12,27-29,35-36,47,73H,4,6,13-26,30-34H2,1-3H3,(H,63,70,71)/t47?,58-/m1/s1. The van der Waals surface area contributed by atoms with Gasteiger partial charge in [0, 0.05) is 67.8 Å². The molecule has 0 radical (unpaired) electrons. The van der Waals surface area contributed by atoms with Crippen molar-refractivity contribution in [1.82, 2.24) is 30.1 Å². The Balaban J connectivity index is 0.706. The molecule has 398 valence electrons. The van der Waals surface area contributed by atoms with Crippen molar-refractivity contribution in [1.29, 1.82) is 0 Å². The smallest absolute Gasteiger partial charge is 0.319 e. The molecule has 12 rings (SSSR count). The third-order valence-electron chi connectivity index (χ3n) is 17.3. The number of carbonyl (C=O) groups is 3. The first-order valence-corrected chi connectivity index (χ1v) is 27.3. The van der Waals surface area contributed by atoms with Crippen molar-refractivity contribution in [3.05, 3.63) is 89.1 Å². The Morgan fingerprint density at radius 3 is 2.41 bits per heavy atom. The fourth-order valence-corrected chi connectivity index (χ4v) is 13.1. The number of carbonyl (C=O) groups excluding carboxylic acids is 3. The molecule has 76 heavy (non-hydrogen) atoms. The highest BCUT2D eigenvalue weighted by Crippen LogP contribution is 2.48. The van der Waals surface area contributed by atoms with Crippen LogP contribution in [0, 0.1) is 23.0 Å². The van der Waals surface area contributed by atoms with E-state index in [0.29, 0.717) is 95.2 Å². The van der Waals surface area contributed by atoms with E-state index in [9.17, 15) is 19.5 Å². The normalized spacial score (nSPS) is 22.6. The third kappa shape index (κ3) is 9.51. The van der Waals surface area contributed by atoms with Gasteiger partial charge in [0.1, 0.15) is 34.6 Å². The van der Waals surface area contributed by atoms with Crippen LogP contribution in [0.4, 0.5) is 20.3 Å². The van der Waals surface area contributed by atoms with Crippen LogP contribution in [0.2, 0.25) is 0 Å². The molecule has 4 aromatic carbocycles. The lowest BCUT2D eigenvalue weighted by Crippen LogP contribution is -2.53. The van der Waals surface area contributed by atoms with E-state index in [-0.39, 0.29) is 53.5 Å². The predicted octanol–water partition coefficient (Wildman–Crippen LogP) is 8.69. The number of aryl methyl sites for hydroxylation is 1. The van der Waals surface area contributed by atoms with Crippen LogP contribution in [0.1, 0.15) is 105 Å². The van der Waals surface area contributed by atoms with Crippen molar-refractivity contribution >= 4 is 61.7 Å². The highest BCUT2D eigenvalue weighted by Gasteiger charge is 2.46. The Hall–Kier alpha value is -6.40. The van der Waals surface area contributed by atoms with E-state index in [2.05, 4.69) is 27.2 Å². The number of halogens is 2. The summed E-state index contributed by atoms with van der Waals surface area (Å²) in [5.41, 5.74) is 2.47. The summed E-state index contributed by atoms with van der Waals surface area (Å²) in [6.07, 6.45) is 10.2. The van der Waals surface area contributed by atoms with Crippen LogP contribution in [0.15, 0.2) is 60.8 Å². The average Bonchev–Trinajstić information content (AvgIpc) is 4.14. The van der Waals surface area contributed by atoms with Crippen molar-refractivity contribution in [3.63, 3.8) is 0 Å². The number of rotatable bonds is 15. The molecule has 1 aliphatic carbocycles. The SMILES string of the molecule is CCc1c(F)ccc2cc(OCOC)cc(-c3ncc4c(N5CCC[C@@](C)(O)C5)nc(OCC5(CN6CCC(CN7CCC(c8ccc9c%10c(cccc8%10)N(C8CCC(=O)NC8=O)C9=O)CC7)CC6)CC5)nc4c3F)c12. The van der Waals surface area contributed by atoms with Crippen molar-refractivity contribution in [2.45, 2.75) is 102 Å². The van der Waals surface area contributed by atoms with E-state index in [1.807, 2.05) is 30.0 Å². The van der Waals surface area contributed by atoms with Gasteiger partial charge in [-0.05, 0) is 167 Å². The van der Waals surface area contributed by atoms with Gasteiger partial charge in [0.15, 0.2) is 12.6 Å². The molecular formula is C59H66F2N8O7. The number of nitrogens with zero attached hydrogens (tertiary/aromatic N) is 7. The van der Waals surface area contributed by atoms with Crippen molar-refractivity contribution in [3.8, 4) is 23.0 Å². The van der Waals surface area contributed by atoms with Crippen LogP contribution < -0.4 is 24.6 Å². The van der Waals surface area contributed by atoms with E-state index in [1.165, 1.54) is 18.7 Å². The maximum atomic E-state index is 17.4. The molecule has 2 atom stereocenters.